The van der Waals surface area contributed by atoms with Gasteiger partial charge in [0.25, 0.3) is 0 Å². The standard InChI is InChI=1S/C18H26N2O2/c1-12(13-3-4-13)20(16-7-9-17(22-2)10-8-16)18(21)14-5-6-15(19)11-14/h7-10,12-15H,3-6,11,19H2,1-2H3/t12-,14+,15-/m0/s1. The number of methoxy groups -OCH3 is 1. The summed E-state index contributed by atoms with van der Waals surface area (Å²) in [5.41, 5.74) is 6.98. The molecule has 1 aromatic rings. The summed E-state index contributed by atoms with van der Waals surface area (Å²) in [7, 11) is 1.66. The third-order valence-electron chi connectivity index (χ3n) is 5.12. The van der Waals surface area contributed by atoms with Crippen molar-refractivity contribution in [3.05, 3.63) is 24.3 Å². The molecule has 22 heavy (non-hydrogen) atoms. The van der Waals surface area contributed by atoms with Crippen LogP contribution in [0.3, 0.4) is 0 Å². The van der Waals surface area contributed by atoms with Gasteiger partial charge in [0, 0.05) is 23.7 Å². The number of amides is 1. The lowest BCUT2D eigenvalue weighted by Gasteiger charge is -2.32. The van der Waals surface area contributed by atoms with Crippen LogP contribution in [0.15, 0.2) is 24.3 Å². The van der Waals surface area contributed by atoms with Gasteiger partial charge in [-0.2, -0.15) is 0 Å². The van der Waals surface area contributed by atoms with Crippen LogP contribution in [-0.4, -0.2) is 25.1 Å². The van der Waals surface area contributed by atoms with E-state index >= 15 is 0 Å². The highest BCUT2D eigenvalue weighted by molar-refractivity contribution is 5.96. The number of ether oxygens (including phenoxy) is 1. The SMILES string of the molecule is COc1ccc(N(C(=O)[C@@H]2CC[C@H](N)C2)[C@@H](C)C2CC2)cc1. The lowest BCUT2D eigenvalue weighted by atomic mass is 10.0. The summed E-state index contributed by atoms with van der Waals surface area (Å²) in [5, 5.41) is 0. The number of rotatable bonds is 5. The zero-order chi connectivity index (χ0) is 15.7. The van der Waals surface area contributed by atoms with Crippen molar-refractivity contribution < 1.29 is 9.53 Å². The van der Waals surface area contributed by atoms with E-state index in [0.29, 0.717) is 5.92 Å². The van der Waals surface area contributed by atoms with E-state index in [-0.39, 0.29) is 23.9 Å². The quantitative estimate of drug-likeness (QED) is 0.910. The van der Waals surface area contributed by atoms with Gasteiger partial charge < -0.3 is 15.4 Å². The van der Waals surface area contributed by atoms with Crippen LogP contribution in [0.5, 0.6) is 5.75 Å². The Morgan fingerprint density at radius 3 is 2.41 bits per heavy atom. The van der Waals surface area contributed by atoms with Crippen LogP contribution in [0.4, 0.5) is 5.69 Å². The Hall–Kier alpha value is -1.55. The summed E-state index contributed by atoms with van der Waals surface area (Å²) in [6.07, 6.45) is 5.16. The molecule has 3 atom stereocenters. The predicted octanol–water partition coefficient (Wildman–Crippen LogP) is 2.95. The van der Waals surface area contributed by atoms with Gasteiger partial charge in [-0.3, -0.25) is 4.79 Å². The summed E-state index contributed by atoms with van der Waals surface area (Å²) >= 11 is 0. The summed E-state index contributed by atoms with van der Waals surface area (Å²) in [5.74, 6) is 1.79. The molecule has 4 nitrogen and oxygen atoms in total. The minimum Gasteiger partial charge on any atom is -0.497 e. The highest BCUT2D eigenvalue weighted by atomic mass is 16.5. The molecule has 0 unspecified atom stereocenters. The first-order valence-electron chi connectivity index (χ1n) is 8.33. The first-order valence-corrected chi connectivity index (χ1v) is 8.33. The molecule has 120 valence electrons. The van der Waals surface area contributed by atoms with Crippen LogP contribution in [0, 0.1) is 11.8 Å². The fraction of sp³-hybridized carbons (Fsp3) is 0.611. The smallest absolute Gasteiger partial charge is 0.230 e. The van der Waals surface area contributed by atoms with Crippen LogP contribution in [0.2, 0.25) is 0 Å². The first kappa shape index (κ1) is 15.3. The van der Waals surface area contributed by atoms with Crippen molar-refractivity contribution >= 4 is 11.6 Å². The first-order chi connectivity index (χ1) is 10.6. The number of nitrogens with zero attached hydrogens (tertiary/aromatic N) is 1. The minimum atomic E-state index is 0.0818. The maximum Gasteiger partial charge on any atom is 0.230 e. The second kappa shape index (κ2) is 6.29. The Labute approximate surface area is 132 Å². The van der Waals surface area contributed by atoms with E-state index in [9.17, 15) is 4.79 Å². The normalized spacial score (nSPS) is 25.8. The molecule has 2 aliphatic carbocycles. The molecule has 0 radical (unpaired) electrons. The van der Waals surface area contributed by atoms with Crippen LogP contribution in [-0.2, 0) is 4.79 Å². The van der Waals surface area contributed by atoms with Gasteiger partial charge in [0.1, 0.15) is 5.75 Å². The Morgan fingerprint density at radius 1 is 1.23 bits per heavy atom. The minimum absolute atomic E-state index is 0.0818. The van der Waals surface area contributed by atoms with E-state index < -0.39 is 0 Å². The zero-order valence-corrected chi connectivity index (χ0v) is 13.5. The van der Waals surface area contributed by atoms with Crippen LogP contribution >= 0.6 is 0 Å². The van der Waals surface area contributed by atoms with Gasteiger partial charge in [-0.1, -0.05) is 0 Å². The number of carbonyl (C=O) groups is 1. The van der Waals surface area contributed by atoms with E-state index in [4.69, 9.17) is 10.5 Å². The molecule has 0 aromatic heterocycles. The Morgan fingerprint density at radius 2 is 1.91 bits per heavy atom. The lowest BCUT2D eigenvalue weighted by Crippen LogP contribution is -2.43. The fourth-order valence-corrected chi connectivity index (χ4v) is 3.53. The van der Waals surface area contributed by atoms with Crippen molar-refractivity contribution in [2.45, 2.75) is 51.1 Å². The predicted molar refractivity (Wildman–Crippen MR) is 88.0 cm³/mol. The average molecular weight is 302 g/mol. The zero-order valence-electron chi connectivity index (χ0n) is 13.5. The second-order valence-corrected chi connectivity index (χ2v) is 6.75. The number of hydrogen-bond acceptors (Lipinski definition) is 3. The van der Waals surface area contributed by atoms with Gasteiger partial charge in [-0.05, 0) is 69.2 Å². The van der Waals surface area contributed by atoms with Crippen molar-refractivity contribution in [3.63, 3.8) is 0 Å². The van der Waals surface area contributed by atoms with Gasteiger partial charge in [-0.25, -0.2) is 0 Å². The molecule has 0 spiro atoms. The number of nitrogens with two attached hydrogens (primary N) is 1. The molecular formula is C18H26N2O2. The van der Waals surface area contributed by atoms with Crippen LogP contribution in [0.25, 0.3) is 0 Å². The molecule has 4 heteroatoms. The highest BCUT2D eigenvalue weighted by Gasteiger charge is 2.39. The maximum atomic E-state index is 13.1. The molecule has 2 fully saturated rings. The molecule has 0 bridgehead atoms. The molecule has 1 aromatic carbocycles. The topological polar surface area (TPSA) is 55.6 Å². The molecule has 2 saturated carbocycles. The number of benzene rings is 1. The van der Waals surface area contributed by atoms with Gasteiger partial charge in [0.15, 0.2) is 0 Å². The van der Waals surface area contributed by atoms with Crippen molar-refractivity contribution in [1.29, 1.82) is 0 Å². The highest BCUT2D eigenvalue weighted by Crippen LogP contribution is 2.39. The van der Waals surface area contributed by atoms with Crippen molar-refractivity contribution in [2.75, 3.05) is 12.0 Å². The third kappa shape index (κ3) is 3.12. The molecule has 0 aliphatic heterocycles. The van der Waals surface area contributed by atoms with Gasteiger partial charge in [-0.15, -0.1) is 0 Å². The van der Waals surface area contributed by atoms with Crippen molar-refractivity contribution in [1.82, 2.24) is 0 Å². The molecule has 2 aliphatic rings. The van der Waals surface area contributed by atoms with Crippen molar-refractivity contribution in [3.8, 4) is 5.75 Å². The van der Waals surface area contributed by atoms with E-state index in [0.717, 1.165) is 30.7 Å². The van der Waals surface area contributed by atoms with Crippen LogP contribution < -0.4 is 15.4 Å². The third-order valence-corrected chi connectivity index (χ3v) is 5.12. The van der Waals surface area contributed by atoms with Gasteiger partial charge in [0.05, 0.1) is 7.11 Å². The largest absolute Gasteiger partial charge is 0.497 e. The van der Waals surface area contributed by atoms with E-state index in [2.05, 4.69) is 6.92 Å². The van der Waals surface area contributed by atoms with Crippen molar-refractivity contribution in [2.24, 2.45) is 17.6 Å². The Kier molecular flexibility index (Phi) is 4.39. The van der Waals surface area contributed by atoms with E-state index in [1.807, 2.05) is 29.2 Å². The second-order valence-electron chi connectivity index (χ2n) is 6.75. The number of carbonyl (C=O) groups excluding carboxylic acids is 1. The molecule has 3 rings (SSSR count). The van der Waals surface area contributed by atoms with E-state index in [1.165, 1.54) is 12.8 Å². The monoisotopic (exact) mass is 302 g/mol. The molecule has 1 amide bonds. The maximum absolute atomic E-state index is 13.1. The molecule has 0 saturated heterocycles. The van der Waals surface area contributed by atoms with Gasteiger partial charge in [0.2, 0.25) is 5.91 Å². The summed E-state index contributed by atoms with van der Waals surface area (Å²) in [6, 6.07) is 8.28. The Bertz CT molecular complexity index is 524. The summed E-state index contributed by atoms with van der Waals surface area (Å²) < 4.78 is 5.22. The van der Waals surface area contributed by atoms with E-state index in [1.54, 1.807) is 7.11 Å². The Balaban J connectivity index is 1.83. The fourth-order valence-electron chi connectivity index (χ4n) is 3.53. The van der Waals surface area contributed by atoms with Gasteiger partial charge >= 0.3 is 0 Å². The lowest BCUT2D eigenvalue weighted by molar-refractivity contribution is -0.122. The average Bonchev–Trinajstić information content (AvgIpc) is 3.29. The number of hydrogen-bond donors (Lipinski definition) is 1. The van der Waals surface area contributed by atoms with Crippen LogP contribution in [0.1, 0.15) is 39.0 Å². The summed E-state index contributed by atoms with van der Waals surface area (Å²) in [6.45, 7) is 2.18. The molecule has 2 N–H and O–H groups in total. The number of anilines is 1. The molecular weight excluding hydrogens is 276 g/mol. The molecule has 0 heterocycles. The summed E-state index contributed by atoms with van der Waals surface area (Å²) in [4.78, 5) is 15.1.